The summed E-state index contributed by atoms with van der Waals surface area (Å²) in [5, 5.41) is 0. The molecule has 2 aliphatic rings. The van der Waals surface area contributed by atoms with Gasteiger partial charge in [0.15, 0.2) is 0 Å². The van der Waals surface area contributed by atoms with E-state index in [1.54, 1.807) is 0 Å². The van der Waals surface area contributed by atoms with Gasteiger partial charge in [0.05, 0.1) is 0 Å². The summed E-state index contributed by atoms with van der Waals surface area (Å²) in [5.41, 5.74) is 0. The molecule has 0 N–H and O–H groups in total. The van der Waals surface area contributed by atoms with Crippen LogP contribution in [0, 0.1) is 5.92 Å². The van der Waals surface area contributed by atoms with Crippen LogP contribution in [-0.2, 0) is 0 Å². The van der Waals surface area contributed by atoms with Gasteiger partial charge in [-0.05, 0) is 25.5 Å². The van der Waals surface area contributed by atoms with Crippen molar-refractivity contribution in [2.75, 3.05) is 33.2 Å². The fourth-order valence-electron chi connectivity index (χ4n) is 1.90. The van der Waals surface area contributed by atoms with E-state index in [1.807, 2.05) is 0 Å². The summed E-state index contributed by atoms with van der Waals surface area (Å²) in [6, 6.07) is 0. The average Bonchev–Trinajstić information content (AvgIpc) is 2.19. The molecule has 2 heterocycles. The minimum Gasteiger partial charge on any atom is -0.354 e. The monoisotopic (exact) mass is 193 g/mol. The standard InChI is InChI=1S/C11H19N3/c1-10-3-4-12-11(9-10)14-7-5-13(2)6-8-14/h4,9-10H,3,5-8H2,1-2H3. The van der Waals surface area contributed by atoms with Crippen LogP contribution in [-0.4, -0.2) is 49.2 Å². The summed E-state index contributed by atoms with van der Waals surface area (Å²) in [7, 11) is 2.18. The number of nitrogens with zero attached hydrogens (tertiary/aromatic N) is 3. The Labute approximate surface area is 86.1 Å². The first-order valence-electron chi connectivity index (χ1n) is 5.43. The van der Waals surface area contributed by atoms with Crippen molar-refractivity contribution < 1.29 is 0 Å². The number of hydrogen-bond donors (Lipinski definition) is 0. The van der Waals surface area contributed by atoms with Crippen LogP contribution in [0.4, 0.5) is 0 Å². The fraction of sp³-hybridized carbons (Fsp3) is 0.727. The zero-order chi connectivity index (χ0) is 9.97. The smallest absolute Gasteiger partial charge is 0.124 e. The van der Waals surface area contributed by atoms with Crippen molar-refractivity contribution in [3.63, 3.8) is 0 Å². The SMILES string of the molecule is CC1C=C(N2CCN(C)CC2)N=CC1. The molecule has 0 aromatic rings. The number of likely N-dealkylation sites (N-methyl/N-ethyl adjacent to an activating group) is 1. The van der Waals surface area contributed by atoms with Crippen LogP contribution in [0.3, 0.4) is 0 Å². The Bertz CT molecular complexity index is 249. The maximum atomic E-state index is 4.47. The zero-order valence-corrected chi connectivity index (χ0v) is 9.11. The van der Waals surface area contributed by atoms with E-state index < -0.39 is 0 Å². The lowest BCUT2D eigenvalue weighted by Gasteiger charge is -2.34. The van der Waals surface area contributed by atoms with Gasteiger partial charge in [0.1, 0.15) is 5.82 Å². The van der Waals surface area contributed by atoms with Gasteiger partial charge in [0.25, 0.3) is 0 Å². The average molecular weight is 193 g/mol. The van der Waals surface area contributed by atoms with E-state index in [1.165, 1.54) is 5.82 Å². The van der Waals surface area contributed by atoms with E-state index in [4.69, 9.17) is 0 Å². The van der Waals surface area contributed by atoms with Gasteiger partial charge in [-0.15, -0.1) is 0 Å². The molecule has 0 aromatic carbocycles. The van der Waals surface area contributed by atoms with Gasteiger partial charge in [-0.25, -0.2) is 4.99 Å². The Hall–Kier alpha value is -0.830. The van der Waals surface area contributed by atoms with Crippen molar-refractivity contribution in [3.05, 3.63) is 11.9 Å². The Morgan fingerprint density at radius 3 is 2.64 bits per heavy atom. The number of aliphatic imine (C=N–C) groups is 1. The summed E-state index contributed by atoms with van der Waals surface area (Å²) in [5.74, 6) is 1.85. The lowest BCUT2D eigenvalue weighted by atomic mass is 10.1. The van der Waals surface area contributed by atoms with E-state index in [0.717, 1.165) is 32.6 Å². The van der Waals surface area contributed by atoms with Crippen molar-refractivity contribution in [1.82, 2.24) is 9.80 Å². The first-order chi connectivity index (χ1) is 6.75. The minimum absolute atomic E-state index is 0.655. The van der Waals surface area contributed by atoms with Gasteiger partial charge in [-0.3, -0.25) is 0 Å². The maximum Gasteiger partial charge on any atom is 0.124 e. The third kappa shape index (κ3) is 2.15. The van der Waals surface area contributed by atoms with Crippen molar-refractivity contribution in [3.8, 4) is 0 Å². The summed E-state index contributed by atoms with van der Waals surface area (Å²) < 4.78 is 0. The number of allylic oxidation sites excluding steroid dienone is 1. The summed E-state index contributed by atoms with van der Waals surface area (Å²) in [4.78, 5) is 9.24. The predicted molar refractivity (Wildman–Crippen MR) is 59.4 cm³/mol. The topological polar surface area (TPSA) is 18.8 Å². The Morgan fingerprint density at radius 1 is 1.29 bits per heavy atom. The normalized spacial score (nSPS) is 29.1. The second-order valence-corrected chi connectivity index (χ2v) is 4.34. The number of hydrogen-bond acceptors (Lipinski definition) is 3. The molecule has 3 heteroatoms. The Kier molecular flexibility index (Phi) is 2.87. The molecule has 3 nitrogen and oxygen atoms in total. The quantitative estimate of drug-likeness (QED) is 0.623. The van der Waals surface area contributed by atoms with Gasteiger partial charge in [0.2, 0.25) is 0 Å². The first-order valence-corrected chi connectivity index (χ1v) is 5.43. The van der Waals surface area contributed by atoms with E-state index in [-0.39, 0.29) is 0 Å². The third-order valence-corrected chi connectivity index (χ3v) is 2.96. The fourth-order valence-corrected chi connectivity index (χ4v) is 1.90. The molecule has 2 aliphatic heterocycles. The molecule has 0 spiro atoms. The lowest BCUT2D eigenvalue weighted by molar-refractivity contribution is 0.184. The lowest BCUT2D eigenvalue weighted by Crippen LogP contribution is -2.43. The molecule has 78 valence electrons. The minimum atomic E-state index is 0.655. The Balaban J connectivity index is 1.98. The summed E-state index contributed by atoms with van der Waals surface area (Å²) in [6.07, 6.45) is 5.45. The number of rotatable bonds is 1. The summed E-state index contributed by atoms with van der Waals surface area (Å²) in [6.45, 7) is 6.79. The van der Waals surface area contributed by atoms with Crippen molar-refractivity contribution in [2.24, 2.45) is 10.9 Å². The maximum absolute atomic E-state index is 4.47. The van der Waals surface area contributed by atoms with Gasteiger partial charge < -0.3 is 9.80 Å². The largest absolute Gasteiger partial charge is 0.354 e. The molecule has 0 amide bonds. The molecular formula is C11H19N3. The summed E-state index contributed by atoms with van der Waals surface area (Å²) >= 11 is 0. The second kappa shape index (κ2) is 4.13. The molecule has 1 atom stereocenters. The van der Waals surface area contributed by atoms with Crippen LogP contribution in [0.25, 0.3) is 0 Å². The number of piperazine rings is 1. The van der Waals surface area contributed by atoms with Crippen molar-refractivity contribution in [1.29, 1.82) is 0 Å². The van der Waals surface area contributed by atoms with Gasteiger partial charge in [-0.1, -0.05) is 6.92 Å². The van der Waals surface area contributed by atoms with Crippen LogP contribution in [0.15, 0.2) is 16.9 Å². The molecule has 0 aromatic heterocycles. The molecule has 2 rings (SSSR count). The first kappa shape index (κ1) is 9.71. The van der Waals surface area contributed by atoms with Gasteiger partial charge >= 0.3 is 0 Å². The van der Waals surface area contributed by atoms with Crippen LogP contribution < -0.4 is 0 Å². The van der Waals surface area contributed by atoms with Crippen LogP contribution in [0.5, 0.6) is 0 Å². The van der Waals surface area contributed by atoms with E-state index in [2.05, 4.69) is 41.1 Å². The molecular weight excluding hydrogens is 174 g/mol. The second-order valence-electron chi connectivity index (χ2n) is 4.34. The zero-order valence-electron chi connectivity index (χ0n) is 9.11. The van der Waals surface area contributed by atoms with E-state index in [0.29, 0.717) is 5.92 Å². The van der Waals surface area contributed by atoms with E-state index in [9.17, 15) is 0 Å². The molecule has 1 unspecified atom stereocenters. The molecule has 0 saturated carbocycles. The van der Waals surface area contributed by atoms with Crippen LogP contribution >= 0.6 is 0 Å². The highest BCUT2D eigenvalue weighted by atomic mass is 15.3. The molecule has 0 aliphatic carbocycles. The highest BCUT2D eigenvalue weighted by Crippen LogP contribution is 2.17. The predicted octanol–water partition coefficient (Wildman–Crippen LogP) is 1.19. The highest BCUT2D eigenvalue weighted by molar-refractivity contribution is 5.61. The van der Waals surface area contributed by atoms with Crippen LogP contribution in [0.1, 0.15) is 13.3 Å². The molecule has 1 saturated heterocycles. The van der Waals surface area contributed by atoms with Gasteiger partial charge in [0, 0.05) is 32.4 Å². The molecule has 0 radical (unpaired) electrons. The van der Waals surface area contributed by atoms with Crippen LogP contribution in [0.2, 0.25) is 0 Å². The van der Waals surface area contributed by atoms with Crippen molar-refractivity contribution in [2.45, 2.75) is 13.3 Å². The van der Waals surface area contributed by atoms with Crippen molar-refractivity contribution >= 4 is 6.21 Å². The molecule has 1 fully saturated rings. The highest BCUT2D eigenvalue weighted by Gasteiger charge is 2.17. The van der Waals surface area contributed by atoms with E-state index >= 15 is 0 Å². The van der Waals surface area contributed by atoms with Gasteiger partial charge in [-0.2, -0.15) is 0 Å². The molecule has 0 bridgehead atoms. The molecule has 14 heavy (non-hydrogen) atoms. The Morgan fingerprint density at radius 2 is 2.00 bits per heavy atom. The third-order valence-electron chi connectivity index (χ3n) is 2.96.